The molecule has 1 aromatic carbocycles. The Morgan fingerprint density at radius 1 is 1.47 bits per heavy atom. The molecular formula is C13H18BrNO2. The molecule has 94 valence electrons. The Bertz CT molecular complexity index is 395. The fourth-order valence-corrected chi connectivity index (χ4v) is 2.39. The number of benzene rings is 1. The molecule has 1 atom stereocenters. The standard InChI is InChI=1S/C13H18BrNO2/c1-4-13(15-5-2,12(16)17-3)10-7-6-8-11(14)9-10/h6-9,15H,4-5H2,1-3H3. The number of likely N-dealkylation sites (N-methyl/N-ethyl adjacent to an activating group) is 1. The van der Waals surface area contributed by atoms with Crippen molar-refractivity contribution in [1.29, 1.82) is 0 Å². The molecule has 17 heavy (non-hydrogen) atoms. The topological polar surface area (TPSA) is 38.3 Å². The molecular weight excluding hydrogens is 282 g/mol. The first-order chi connectivity index (χ1) is 8.10. The molecule has 1 aromatic rings. The quantitative estimate of drug-likeness (QED) is 0.850. The number of nitrogens with one attached hydrogen (secondary N) is 1. The van der Waals surface area contributed by atoms with Crippen molar-refractivity contribution < 1.29 is 9.53 Å². The molecule has 0 amide bonds. The Hall–Kier alpha value is -0.870. The Morgan fingerprint density at radius 2 is 2.18 bits per heavy atom. The molecule has 1 unspecified atom stereocenters. The SMILES string of the molecule is CCNC(CC)(C(=O)OC)c1cccc(Br)c1. The number of ether oxygens (including phenoxy) is 1. The summed E-state index contributed by atoms with van der Waals surface area (Å²) >= 11 is 3.43. The van der Waals surface area contributed by atoms with Crippen molar-refractivity contribution in [2.24, 2.45) is 0 Å². The normalized spacial score (nSPS) is 14.1. The molecule has 0 aliphatic rings. The van der Waals surface area contributed by atoms with Crippen molar-refractivity contribution in [2.75, 3.05) is 13.7 Å². The smallest absolute Gasteiger partial charge is 0.330 e. The maximum Gasteiger partial charge on any atom is 0.330 e. The van der Waals surface area contributed by atoms with Gasteiger partial charge in [0.15, 0.2) is 0 Å². The van der Waals surface area contributed by atoms with E-state index < -0.39 is 5.54 Å². The number of rotatable bonds is 5. The summed E-state index contributed by atoms with van der Waals surface area (Å²) in [7, 11) is 1.42. The highest BCUT2D eigenvalue weighted by atomic mass is 79.9. The highest BCUT2D eigenvalue weighted by molar-refractivity contribution is 9.10. The molecule has 0 saturated carbocycles. The van der Waals surface area contributed by atoms with Crippen LogP contribution in [-0.2, 0) is 15.1 Å². The van der Waals surface area contributed by atoms with Crippen LogP contribution in [-0.4, -0.2) is 19.6 Å². The van der Waals surface area contributed by atoms with Gasteiger partial charge >= 0.3 is 5.97 Å². The van der Waals surface area contributed by atoms with E-state index in [0.717, 1.165) is 10.0 Å². The zero-order chi connectivity index (χ0) is 12.9. The van der Waals surface area contributed by atoms with E-state index in [1.54, 1.807) is 0 Å². The number of methoxy groups -OCH3 is 1. The average Bonchev–Trinajstić information content (AvgIpc) is 2.35. The van der Waals surface area contributed by atoms with Gasteiger partial charge in [0.25, 0.3) is 0 Å². The molecule has 0 fully saturated rings. The second kappa shape index (κ2) is 6.17. The van der Waals surface area contributed by atoms with E-state index in [1.807, 2.05) is 38.1 Å². The lowest BCUT2D eigenvalue weighted by Gasteiger charge is -2.31. The monoisotopic (exact) mass is 299 g/mol. The predicted octanol–water partition coefficient (Wildman–Crippen LogP) is 2.84. The minimum atomic E-state index is -0.757. The van der Waals surface area contributed by atoms with E-state index in [4.69, 9.17) is 4.74 Å². The summed E-state index contributed by atoms with van der Waals surface area (Å²) in [5.74, 6) is -0.250. The second-order valence-electron chi connectivity index (χ2n) is 3.79. The van der Waals surface area contributed by atoms with Crippen molar-refractivity contribution >= 4 is 21.9 Å². The number of hydrogen-bond donors (Lipinski definition) is 1. The van der Waals surface area contributed by atoms with Crippen molar-refractivity contribution in [3.05, 3.63) is 34.3 Å². The minimum absolute atomic E-state index is 0.250. The summed E-state index contributed by atoms with van der Waals surface area (Å²) in [5, 5.41) is 3.24. The molecule has 0 aliphatic heterocycles. The zero-order valence-electron chi connectivity index (χ0n) is 10.4. The third-order valence-electron chi connectivity index (χ3n) is 2.86. The molecule has 0 saturated heterocycles. The van der Waals surface area contributed by atoms with Crippen LogP contribution in [0.5, 0.6) is 0 Å². The van der Waals surface area contributed by atoms with Gasteiger partial charge in [0.1, 0.15) is 5.54 Å². The van der Waals surface area contributed by atoms with E-state index in [9.17, 15) is 4.79 Å². The molecule has 0 radical (unpaired) electrons. The van der Waals surface area contributed by atoms with Gasteiger partial charge in [0.05, 0.1) is 7.11 Å². The Morgan fingerprint density at radius 3 is 2.65 bits per heavy atom. The molecule has 0 aliphatic carbocycles. The lowest BCUT2D eigenvalue weighted by molar-refractivity contribution is -0.149. The second-order valence-corrected chi connectivity index (χ2v) is 4.71. The van der Waals surface area contributed by atoms with Crippen molar-refractivity contribution in [2.45, 2.75) is 25.8 Å². The molecule has 0 spiro atoms. The summed E-state index contributed by atoms with van der Waals surface area (Å²) in [6, 6.07) is 7.74. The number of carbonyl (C=O) groups excluding carboxylic acids is 1. The molecule has 3 nitrogen and oxygen atoms in total. The third-order valence-corrected chi connectivity index (χ3v) is 3.35. The molecule has 0 bridgehead atoms. The first-order valence-electron chi connectivity index (χ1n) is 5.70. The summed E-state index contributed by atoms with van der Waals surface area (Å²) in [5.41, 5.74) is 0.163. The van der Waals surface area contributed by atoms with Crippen molar-refractivity contribution in [1.82, 2.24) is 5.32 Å². The van der Waals surface area contributed by atoms with E-state index in [1.165, 1.54) is 7.11 Å². The van der Waals surface area contributed by atoms with Crippen LogP contribution in [0.15, 0.2) is 28.7 Å². The van der Waals surface area contributed by atoms with Gasteiger partial charge in [-0.05, 0) is 30.7 Å². The van der Waals surface area contributed by atoms with Crippen LogP contribution >= 0.6 is 15.9 Å². The van der Waals surface area contributed by atoms with Gasteiger partial charge in [-0.1, -0.05) is 41.9 Å². The molecule has 1 rings (SSSR count). The Balaban J connectivity index is 3.25. The van der Waals surface area contributed by atoms with Gasteiger partial charge in [-0.3, -0.25) is 5.32 Å². The minimum Gasteiger partial charge on any atom is -0.467 e. The van der Waals surface area contributed by atoms with Crippen LogP contribution in [0.2, 0.25) is 0 Å². The number of halogens is 1. The fourth-order valence-electron chi connectivity index (χ4n) is 2.00. The zero-order valence-corrected chi connectivity index (χ0v) is 12.0. The lowest BCUT2D eigenvalue weighted by Crippen LogP contribution is -2.49. The van der Waals surface area contributed by atoms with E-state index in [0.29, 0.717) is 13.0 Å². The first-order valence-corrected chi connectivity index (χ1v) is 6.49. The maximum absolute atomic E-state index is 12.1. The maximum atomic E-state index is 12.1. The number of carbonyl (C=O) groups is 1. The van der Waals surface area contributed by atoms with Crippen LogP contribution in [0.1, 0.15) is 25.8 Å². The van der Waals surface area contributed by atoms with Gasteiger partial charge in [-0.15, -0.1) is 0 Å². The Labute approximate surface area is 111 Å². The van der Waals surface area contributed by atoms with E-state index in [2.05, 4.69) is 21.2 Å². The van der Waals surface area contributed by atoms with Gasteiger partial charge in [0.2, 0.25) is 0 Å². The lowest BCUT2D eigenvalue weighted by atomic mass is 9.87. The fraction of sp³-hybridized carbons (Fsp3) is 0.462. The van der Waals surface area contributed by atoms with Crippen LogP contribution in [0.4, 0.5) is 0 Å². The molecule has 1 N–H and O–H groups in total. The Kier molecular flexibility index (Phi) is 5.15. The molecule has 0 aromatic heterocycles. The first kappa shape index (κ1) is 14.2. The van der Waals surface area contributed by atoms with Gasteiger partial charge in [0, 0.05) is 4.47 Å². The largest absolute Gasteiger partial charge is 0.467 e. The molecule has 4 heteroatoms. The summed E-state index contributed by atoms with van der Waals surface area (Å²) in [6.07, 6.45) is 0.643. The highest BCUT2D eigenvalue weighted by Crippen LogP contribution is 2.28. The summed E-state index contributed by atoms with van der Waals surface area (Å²) in [6.45, 7) is 4.65. The average molecular weight is 300 g/mol. The highest BCUT2D eigenvalue weighted by Gasteiger charge is 2.38. The number of esters is 1. The predicted molar refractivity (Wildman–Crippen MR) is 71.8 cm³/mol. The van der Waals surface area contributed by atoms with Gasteiger partial charge in [-0.25, -0.2) is 4.79 Å². The van der Waals surface area contributed by atoms with Gasteiger partial charge < -0.3 is 4.74 Å². The van der Waals surface area contributed by atoms with E-state index >= 15 is 0 Å². The van der Waals surface area contributed by atoms with E-state index in [-0.39, 0.29) is 5.97 Å². The van der Waals surface area contributed by atoms with Gasteiger partial charge in [-0.2, -0.15) is 0 Å². The number of hydrogen-bond acceptors (Lipinski definition) is 3. The van der Waals surface area contributed by atoms with Crippen LogP contribution in [0.3, 0.4) is 0 Å². The van der Waals surface area contributed by atoms with Crippen molar-refractivity contribution in [3.8, 4) is 0 Å². The van der Waals surface area contributed by atoms with Crippen LogP contribution in [0, 0.1) is 0 Å². The van der Waals surface area contributed by atoms with Crippen LogP contribution < -0.4 is 5.32 Å². The third kappa shape index (κ3) is 2.87. The van der Waals surface area contributed by atoms with Crippen molar-refractivity contribution in [3.63, 3.8) is 0 Å². The summed E-state index contributed by atoms with van der Waals surface area (Å²) < 4.78 is 5.89. The van der Waals surface area contributed by atoms with Crippen LogP contribution in [0.25, 0.3) is 0 Å². The summed E-state index contributed by atoms with van der Waals surface area (Å²) in [4.78, 5) is 12.1. The molecule has 0 heterocycles.